The van der Waals surface area contributed by atoms with Gasteiger partial charge in [-0.15, -0.1) is 0 Å². The molecule has 0 fully saturated rings. The maximum Gasteiger partial charge on any atom is 0.339 e. The van der Waals surface area contributed by atoms with Crippen molar-refractivity contribution in [2.75, 3.05) is 0 Å². The number of halogens is 4. The Hall–Kier alpha value is -4.02. The van der Waals surface area contributed by atoms with Gasteiger partial charge in [0.15, 0.2) is 43.6 Å². The standard InChI is InChI=1S/C30H21F4O2S/c1-30(2,18-17-21-19-25(31)27(33)28(34)26(21)32)36-29(35)20-13-15-24(16-14-20)37(22-9-5-3-6-10-22)23-11-7-4-8-12-23/h3-16,19H,1-2H3/q+1. The third-order valence-corrected chi connectivity index (χ3v) is 7.46. The summed E-state index contributed by atoms with van der Waals surface area (Å²) in [5.74, 6) is -3.02. The van der Waals surface area contributed by atoms with Crippen molar-refractivity contribution in [3.05, 3.63) is 125 Å². The van der Waals surface area contributed by atoms with Crippen LogP contribution in [0.2, 0.25) is 0 Å². The minimum atomic E-state index is -1.95. The monoisotopic (exact) mass is 521 g/mol. The highest BCUT2D eigenvalue weighted by Crippen LogP contribution is 2.31. The molecule has 2 nitrogen and oxygen atoms in total. The average Bonchev–Trinajstić information content (AvgIpc) is 2.90. The van der Waals surface area contributed by atoms with E-state index in [4.69, 9.17) is 4.74 Å². The van der Waals surface area contributed by atoms with Crippen LogP contribution < -0.4 is 0 Å². The van der Waals surface area contributed by atoms with Crippen molar-refractivity contribution >= 4 is 16.9 Å². The predicted molar refractivity (Wildman–Crippen MR) is 134 cm³/mol. The first-order valence-electron chi connectivity index (χ1n) is 11.2. The Balaban J connectivity index is 1.55. The number of benzene rings is 4. The molecule has 4 rings (SSSR count). The van der Waals surface area contributed by atoms with Gasteiger partial charge in [-0.1, -0.05) is 48.2 Å². The Labute approximate surface area is 215 Å². The van der Waals surface area contributed by atoms with Gasteiger partial charge < -0.3 is 4.74 Å². The summed E-state index contributed by atoms with van der Waals surface area (Å²) in [6.07, 6.45) is 0. The van der Waals surface area contributed by atoms with Crippen LogP contribution in [0.3, 0.4) is 0 Å². The number of carbonyl (C=O) groups excluding carboxylic acids is 1. The van der Waals surface area contributed by atoms with Crippen molar-refractivity contribution in [3.8, 4) is 11.8 Å². The number of hydrogen-bond donors (Lipinski definition) is 0. The Kier molecular flexibility index (Phi) is 7.70. The van der Waals surface area contributed by atoms with E-state index in [0.717, 1.165) is 14.7 Å². The van der Waals surface area contributed by atoms with Gasteiger partial charge in [0, 0.05) is 0 Å². The first-order chi connectivity index (χ1) is 17.7. The van der Waals surface area contributed by atoms with Crippen LogP contribution in [0.5, 0.6) is 0 Å². The molecule has 37 heavy (non-hydrogen) atoms. The van der Waals surface area contributed by atoms with E-state index in [0.29, 0.717) is 6.07 Å². The van der Waals surface area contributed by atoms with Crippen LogP contribution in [0.25, 0.3) is 0 Å². The molecule has 0 bridgehead atoms. The first kappa shape index (κ1) is 26.1. The highest BCUT2D eigenvalue weighted by Gasteiger charge is 2.29. The number of ether oxygens (including phenoxy) is 1. The van der Waals surface area contributed by atoms with Gasteiger partial charge >= 0.3 is 5.97 Å². The fourth-order valence-electron chi connectivity index (χ4n) is 3.45. The predicted octanol–water partition coefficient (Wildman–Crippen LogP) is 7.33. The molecule has 0 amide bonds. The van der Waals surface area contributed by atoms with Gasteiger partial charge in [0.1, 0.15) is 0 Å². The molecule has 0 saturated heterocycles. The third kappa shape index (κ3) is 6.04. The first-order valence-corrected chi connectivity index (χ1v) is 12.4. The normalized spacial score (nSPS) is 11.1. The smallest absolute Gasteiger partial charge is 0.339 e. The molecule has 0 aliphatic rings. The molecule has 0 spiro atoms. The highest BCUT2D eigenvalue weighted by molar-refractivity contribution is 7.97. The molecule has 4 aromatic rings. The van der Waals surface area contributed by atoms with E-state index >= 15 is 0 Å². The van der Waals surface area contributed by atoms with Gasteiger partial charge in [-0.25, -0.2) is 22.4 Å². The fraction of sp³-hybridized carbons (Fsp3) is 0.100. The highest BCUT2D eigenvalue weighted by atomic mass is 32.2. The zero-order valence-corrected chi connectivity index (χ0v) is 20.7. The molecule has 186 valence electrons. The molecular weight excluding hydrogens is 500 g/mol. The Bertz CT molecular complexity index is 1440. The van der Waals surface area contributed by atoms with Crippen molar-refractivity contribution < 1.29 is 27.1 Å². The van der Waals surface area contributed by atoms with Crippen molar-refractivity contribution in [2.24, 2.45) is 0 Å². The van der Waals surface area contributed by atoms with E-state index in [1.165, 1.54) is 13.8 Å². The van der Waals surface area contributed by atoms with E-state index < -0.39 is 40.4 Å². The summed E-state index contributed by atoms with van der Waals surface area (Å²) in [5, 5.41) is 0. The molecule has 0 aromatic heterocycles. The van der Waals surface area contributed by atoms with Crippen molar-refractivity contribution in [3.63, 3.8) is 0 Å². The Morgan fingerprint density at radius 3 is 1.78 bits per heavy atom. The van der Waals surface area contributed by atoms with Gasteiger partial charge in [-0.05, 0) is 68.4 Å². The van der Waals surface area contributed by atoms with Crippen LogP contribution in [-0.2, 0) is 15.6 Å². The number of esters is 1. The molecule has 7 heteroatoms. The minimum Gasteiger partial charge on any atom is -0.443 e. The van der Waals surface area contributed by atoms with Crippen LogP contribution in [0.4, 0.5) is 17.6 Å². The molecule has 0 N–H and O–H groups in total. The summed E-state index contributed by atoms with van der Waals surface area (Å²) in [7, 11) is -0.385. The van der Waals surface area contributed by atoms with E-state index in [2.05, 4.69) is 36.1 Å². The van der Waals surface area contributed by atoms with E-state index in [-0.39, 0.29) is 16.5 Å². The maximum atomic E-state index is 13.9. The van der Waals surface area contributed by atoms with Crippen molar-refractivity contribution in [2.45, 2.75) is 34.1 Å². The zero-order valence-electron chi connectivity index (χ0n) is 19.9. The third-order valence-electron chi connectivity index (χ3n) is 5.23. The molecule has 0 unspecified atom stereocenters. The van der Waals surface area contributed by atoms with Crippen LogP contribution in [0, 0.1) is 35.1 Å². The Morgan fingerprint density at radius 1 is 0.730 bits per heavy atom. The van der Waals surface area contributed by atoms with E-state index in [9.17, 15) is 22.4 Å². The second-order valence-corrected chi connectivity index (χ2v) is 10.5. The van der Waals surface area contributed by atoms with Gasteiger partial charge in [0.05, 0.1) is 22.0 Å². The fourth-order valence-corrected chi connectivity index (χ4v) is 5.53. The molecule has 4 aromatic carbocycles. The molecule has 0 atom stereocenters. The number of carbonyl (C=O) groups is 1. The molecule has 0 aliphatic carbocycles. The Morgan fingerprint density at radius 2 is 1.24 bits per heavy atom. The lowest BCUT2D eigenvalue weighted by Gasteiger charge is -2.19. The minimum absolute atomic E-state index is 0.272. The molecule has 0 saturated carbocycles. The van der Waals surface area contributed by atoms with Crippen LogP contribution in [0.15, 0.2) is 106 Å². The van der Waals surface area contributed by atoms with Gasteiger partial charge in [-0.2, -0.15) is 0 Å². The zero-order chi connectivity index (χ0) is 26.6. The summed E-state index contributed by atoms with van der Waals surface area (Å²) >= 11 is 0. The molecule has 0 aliphatic heterocycles. The van der Waals surface area contributed by atoms with Crippen molar-refractivity contribution in [1.82, 2.24) is 0 Å². The maximum absolute atomic E-state index is 13.9. The summed E-state index contributed by atoms with van der Waals surface area (Å²) in [6, 6.07) is 27.5. The van der Waals surface area contributed by atoms with Gasteiger partial charge in [-0.3, -0.25) is 0 Å². The van der Waals surface area contributed by atoms with E-state index in [1.54, 1.807) is 12.1 Å². The topological polar surface area (TPSA) is 26.3 Å². The van der Waals surface area contributed by atoms with Crippen LogP contribution >= 0.6 is 0 Å². The summed E-state index contributed by atoms with van der Waals surface area (Å²) in [6.45, 7) is 2.89. The lowest BCUT2D eigenvalue weighted by atomic mass is 10.1. The van der Waals surface area contributed by atoms with Crippen LogP contribution in [-0.4, -0.2) is 11.6 Å². The summed E-state index contributed by atoms with van der Waals surface area (Å²) < 4.78 is 59.4. The largest absolute Gasteiger partial charge is 0.443 e. The second kappa shape index (κ2) is 10.9. The summed E-state index contributed by atoms with van der Waals surface area (Å²) in [4.78, 5) is 16.0. The van der Waals surface area contributed by atoms with Crippen LogP contribution in [0.1, 0.15) is 29.8 Å². The number of hydrogen-bond acceptors (Lipinski definition) is 2. The van der Waals surface area contributed by atoms with Crippen molar-refractivity contribution in [1.29, 1.82) is 0 Å². The molecular formula is C30H21F4O2S+. The average molecular weight is 522 g/mol. The van der Waals surface area contributed by atoms with Gasteiger partial charge in [0.25, 0.3) is 0 Å². The lowest BCUT2D eigenvalue weighted by Crippen LogP contribution is -2.26. The number of rotatable bonds is 5. The molecule has 0 heterocycles. The lowest BCUT2D eigenvalue weighted by molar-refractivity contribution is 0.0204. The van der Waals surface area contributed by atoms with E-state index in [1.807, 2.05) is 48.5 Å². The van der Waals surface area contributed by atoms with Gasteiger partial charge in [0.2, 0.25) is 0 Å². The molecule has 0 radical (unpaired) electrons. The quantitative estimate of drug-likeness (QED) is 0.0687. The summed E-state index contributed by atoms with van der Waals surface area (Å²) in [5.41, 5.74) is -1.84. The SMILES string of the molecule is CC(C)(C#Cc1cc(F)c(F)c(F)c1F)OC(=O)c1ccc([S+](c2ccccc2)c2ccccc2)cc1. The second-order valence-electron chi connectivity index (χ2n) is 8.45.